The second kappa shape index (κ2) is 55.2. The van der Waals surface area contributed by atoms with E-state index in [1.54, 1.807) is 0 Å². The predicted octanol–water partition coefficient (Wildman–Crippen LogP) is 17.8. The molecule has 0 saturated heterocycles. The maximum absolute atomic E-state index is 13.0. The number of carbonyl (C=O) groups excluding carboxylic acids is 4. The number of carbonyl (C=O) groups is 4. The number of rotatable bonds is 62. The van der Waals surface area contributed by atoms with Gasteiger partial charge in [-0.2, -0.15) is 0 Å². The fourth-order valence-corrected chi connectivity index (χ4v) is 11.2. The van der Waals surface area contributed by atoms with E-state index in [9.17, 15) is 43.2 Å². The fourth-order valence-electron chi connectivity index (χ4n) is 9.57. The van der Waals surface area contributed by atoms with Crippen LogP contribution < -0.4 is 0 Å². The molecule has 3 N–H and O–H groups in total. The number of phosphoric acid groups is 2. The van der Waals surface area contributed by atoms with Gasteiger partial charge in [-0.15, -0.1) is 0 Å². The van der Waals surface area contributed by atoms with Crippen molar-refractivity contribution in [2.75, 3.05) is 39.6 Å². The SMILES string of the molecule is CCC(C)CCCCCCCCC(=O)OC[C@H](COP(=O)(O)OC[C@H](O)COP(=O)(O)OC[C@@H](COC(=O)CCCCCCCCCC(C)C)OC(=O)CCCCCCCCCCCC(C)C)OC(=O)CCCCCCCCCCCC(C)C. The third-order valence-electron chi connectivity index (χ3n) is 15.2. The van der Waals surface area contributed by atoms with Gasteiger partial charge in [0.25, 0.3) is 0 Å². The lowest BCUT2D eigenvalue weighted by atomic mass is 10.00. The lowest BCUT2D eigenvalue weighted by molar-refractivity contribution is -0.161. The number of ether oxygens (including phenoxy) is 4. The van der Waals surface area contributed by atoms with E-state index in [0.717, 1.165) is 120 Å². The van der Waals surface area contributed by atoms with Crippen LogP contribution in [0.15, 0.2) is 0 Å². The van der Waals surface area contributed by atoms with Crippen LogP contribution in [-0.4, -0.2) is 96.7 Å². The van der Waals surface area contributed by atoms with Gasteiger partial charge in [-0.3, -0.25) is 37.3 Å². The standard InChI is InChI=1S/C65H126O17P2/c1-9-58(8)44-36-28-23-24-30-38-46-63(68)76-52-61(82-65(70)48-40-32-21-15-11-13-18-26-34-42-56(4)5)54-80-84(73,74)78-50-59(66)49-77-83(71,72)79-53-60(51-75-62(67)45-37-29-22-16-19-27-35-43-57(6)7)81-64(69)47-39-31-20-14-10-12-17-25-33-41-55(2)3/h55-61,66H,9-54H2,1-8H3,(H,71,72)(H,73,74)/t58?,59-,60-,61-/m1/s1. The highest BCUT2D eigenvalue weighted by Crippen LogP contribution is 2.45. The average Bonchev–Trinajstić information content (AvgIpc) is 3.46. The summed E-state index contributed by atoms with van der Waals surface area (Å²) in [5, 5.41) is 10.5. The van der Waals surface area contributed by atoms with Crippen LogP contribution in [0.2, 0.25) is 0 Å². The van der Waals surface area contributed by atoms with Gasteiger partial charge < -0.3 is 33.8 Å². The topological polar surface area (TPSA) is 237 Å². The molecular formula is C65H126O17P2. The molecule has 6 atom stereocenters. The molecule has 0 aromatic heterocycles. The largest absolute Gasteiger partial charge is 0.472 e. The van der Waals surface area contributed by atoms with Crippen molar-refractivity contribution in [3.63, 3.8) is 0 Å². The first-order valence-electron chi connectivity index (χ1n) is 33.7. The van der Waals surface area contributed by atoms with Gasteiger partial charge in [0.05, 0.1) is 26.4 Å². The molecule has 0 radical (unpaired) electrons. The molecule has 498 valence electrons. The maximum atomic E-state index is 13.0. The molecule has 0 heterocycles. The summed E-state index contributed by atoms with van der Waals surface area (Å²) in [6.45, 7) is 14.0. The van der Waals surface area contributed by atoms with Crippen LogP contribution in [0.5, 0.6) is 0 Å². The smallest absolute Gasteiger partial charge is 0.462 e. The maximum Gasteiger partial charge on any atom is 0.472 e. The van der Waals surface area contributed by atoms with Crippen molar-refractivity contribution in [1.82, 2.24) is 0 Å². The third-order valence-corrected chi connectivity index (χ3v) is 17.1. The van der Waals surface area contributed by atoms with E-state index in [2.05, 4.69) is 55.4 Å². The van der Waals surface area contributed by atoms with Gasteiger partial charge in [-0.1, -0.05) is 261 Å². The van der Waals surface area contributed by atoms with Gasteiger partial charge in [-0.25, -0.2) is 9.13 Å². The van der Waals surface area contributed by atoms with E-state index >= 15 is 0 Å². The second-order valence-electron chi connectivity index (χ2n) is 25.2. The Morgan fingerprint density at radius 2 is 0.571 bits per heavy atom. The minimum absolute atomic E-state index is 0.104. The highest BCUT2D eigenvalue weighted by Gasteiger charge is 2.30. The van der Waals surface area contributed by atoms with Crippen molar-refractivity contribution in [3.8, 4) is 0 Å². The van der Waals surface area contributed by atoms with Crippen LogP contribution >= 0.6 is 15.6 Å². The molecule has 0 aromatic rings. The van der Waals surface area contributed by atoms with Gasteiger partial charge in [0.2, 0.25) is 0 Å². The second-order valence-corrected chi connectivity index (χ2v) is 28.1. The van der Waals surface area contributed by atoms with Gasteiger partial charge in [0.1, 0.15) is 19.3 Å². The van der Waals surface area contributed by atoms with Crippen LogP contribution in [0.4, 0.5) is 0 Å². The Morgan fingerprint density at radius 3 is 0.845 bits per heavy atom. The lowest BCUT2D eigenvalue weighted by Crippen LogP contribution is -2.30. The van der Waals surface area contributed by atoms with Gasteiger partial charge >= 0.3 is 39.5 Å². The average molecular weight is 1240 g/mol. The van der Waals surface area contributed by atoms with E-state index in [1.807, 2.05) is 0 Å². The summed E-state index contributed by atoms with van der Waals surface area (Å²) in [5.41, 5.74) is 0. The molecule has 17 nitrogen and oxygen atoms in total. The van der Waals surface area contributed by atoms with Crippen molar-refractivity contribution in [2.24, 2.45) is 23.7 Å². The number of hydrogen-bond donors (Lipinski definition) is 3. The first-order valence-corrected chi connectivity index (χ1v) is 36.7. The summed E-state index contributed by atoms with van der Waals surface area (Å²) in [6, 6.07) is 0. The van der Waals surface area contributed by atoms with Crippen LogP contribution in [0.25, 0.3) is 0 Å². The van der Waals surface area contributed by atoms with Crippen LogP contribution in [0.3, 0.4) is 0 Å². The summed E-state index contributed by atoms with van der Waals surface area (Å²) in [4.78, 5) is 72.3. The number of aliphatic hydroxyl groups is 1. The molecule has 0 bridgehead atoms. The summed E-state index contributed by atoms with van der Waals surface area (Å²) in [5.74, 6) is 0.770. The van der Waals surface area contributed by atoms with Crippen LogP contribution in [-0.2, 0) is 65.4 Å². The first kappa shape index (κ1) is 82.1. The molecule has 0 fully saturated rings. The van der Waals surface area contributed by atoms with Crippen LogP contribution in [0, 0.1) is 23.7 Å². The number of unbranched alkanes of at least 4 members (excludes halogenated alkanes) is 27. The van der Waals surface area contributed by atoms with Crippen LogP contribution in [0.1, 0.15) is 312 Å². The van der Waals surface area contributed by atoms with Gasteiger partial charge in [0, 0.05) is 25.7 Å². The highest BCUT2D eigenvalue weighted by atomic mass is 31.2. The van der Waals surface area contributed by atoms with Crippen molar-refractivity contribution >= 4 is 39.5 Å². The minimum Gasteiger partial charge on any atom is -0.462 e. The first-order chi connectivity index (χ1) is 40.1. The molecule has 3 unspecified atom stereocenters. The molecule has 0 amide bonds. The molecule has 0 aliphatic heterocycles. The highest BCUT2D eigenvalue weighted by molar-refractivity contribution is 7.47. The third kappa shape index (κ3) is 57.8. The zero-order chi connectivity index (χ0) is 62.5. The molecular weight excluding hydrogens is 1110 g/mol. The summed E-state index contributed by atoms with van der Waals surface area (Å²) in [7, 11) is -9.89. The zero-order valence-electron chi connectivity index (χ0n) is 54.5. The van der Waals surface area contributed by atoms with Crippen molar-refractivity contribution in [1.29, 1.82) is 0 Å². The molecule has 0 saturated carbocycles. The number of aliphatic hydroxyl groups excluding tert-OH is 1. The monoisotopic (exact) mass is 1240 g/mol. The zero-order valence-corrected chi connectivity index (χ0v) is 56.3. The molecule has 0 aromatic carbocycles. The van der Waals surface area contributed by atoms with E-state index < -0.39 is 97.5 Å². The number of phosphoric ester groups is 2. The minimum atomic E-state index is -4.95. The molecule has 19 heteroatoms. The Labute approximate surface area is 511 Å². The Bertz CT molecular complexity index is 1680. The van der Waals surface area contributed by atoms with Gasteiger partial charge in [-0.05, 0) is 49.4 Å². The number of esters is 4. The quantitative estimate of drug-likeness (QED) is 0.0222. The molecule has 84 heavy (non-hydrogen) atoms. The summed E-state index contributed by atoms with van der Waals surface area (Å²) in [6.07, 6.45) is 34.9. The molecule has 0 rings (SSSR count). The van der Waals surface area contributed by atoms with Gasteiger partial charge in [0.15, 0.2) is 12.2 Å². The predicted molar refractivity (Wildman–Crippen MR) is 335 cm³/mol. The normalized spacial score (nSPS) is 14.7. The Morgan fingerprint density at radius 1 is 0.333 bits per heavy atom. The van der Waals surface area contributed by atoms with E-state index in [0.29, 0.717) is 31.6 Å². The van der Waals surface area contributed by atoms with Crippen molar-refractivity contribution in [2.45, 2.75) is 331 Å². The molecule has 0 spiro atoms. The summed E-state index contributed by atoms with van der Waals surface area (Å²) < 4.78 is 68.0. The Hall–Kier alpha value is -1.94. The van der Waals surface area contributed by atoms with Crippen molar-refractivity contribution in [3.05, 3.63) is 0 Å². The fraction of sp³-hybridized carbons (Fsp3) is 0.938. The Kier molecular flexibility index (Phi) is 53.9. The van der Waals surface area contributed by atoms with E-state index in [4.69, 9.17) is 37.0 Å². The summed E-state index contributed by atoms with van der Waals surface area (Å²) >= 11 is 0. The lowest BCUT2D eigenvalue weighted by Gasteiger charge is -2.21. The molecule has 0 aliphatic carbocycles. The van der Waals surface area contributed by atoms with E-state index in [-0.39, 0.29) is 25.7 Å². The van der Waals surface area contributed by atoms with Crippen molar-refractivity contribution < 1.29 is 80.2 Å². The Balaban J connectivity index is 5.27. The van der Waals surface area contributed by atoms with E-state index in [1.165, 1.54) is 103 Å². The number of hydrogen-bond acceptors (Lipinski definition) is 15. The molecule has 0 aliphatic rings.